The van der Waals surface area contributed by atoms with Crippen molar-refractivity contribution in [2.45, 2.75) is 219 Å². The van der Waals surface area contributed by atoms with Crippen LogP contribution in [0.3, 0.4) is 0 Å². The molecule has 6 amide bonds. The fourth-order valence-electron chi connectivity index (χ4n) is 15.0. The summed E-state index contributed by atoms with van der Waals surface area (Å²) in [4.78, 5) is 96.7. The Morgan fingerprint density at radius 1 is 0.614 bits per heavy atom. The van der Waals surface area contributed by atoms with Crippen molar-refractivity contribution in [3.05, 3.63) is 65.7 Å². The van der Waals surface area contributed by atoms with E-state index in [4.69, 9.17) is 44.6 Å². The van der Waals surface area contributed by atoms with Crippen molar-refractivity contribution in [1.82, 2.24) is 42.1 Å². The summed E-state index contributed by atoms with van der Waals surface area (Å²) in [6.45, 7) is 5.32. The molecule has 560 valence electrons. The summed E-state index contributed by atoms with van der Waals surface area (Å²) in [5.74, 6) is -9.93. The molecule has 25 atom stereocenters. The molecular formula is C64H94N12O25. The van der Waals surface area contributed by atoms with E-state index in [1.807, 2.05) is 0 Å². The average molecular weight is 1430 g/mol. The summed E-state index contributed by atoms with van der Waals surface area (Å²) in [5.41, 5.74) is 12.6. The van der Waals surface area contributed by atoms with Crippen LogP contribution in [0.2, 0.25) is 0 Å². The third-order valence-electron chi connectivity index (χ3n) is 19.6. The van der Waals surface area contributed by atoms with E-state index in [1.54, 1.807) is 37.3 Å². The molecule has 37 nitrogen and oxygen atoms in total. The first-order chi connectivity index (χ1) is 47.7. The number of carbonyl (C=O) groups excluding carboxylic acids is 6. The van der Waals surface area contributed by atoms with Gasteiger partial charge in [-0.2, -0.15) is 0 Å². The second kappa shape index (κ2) is 31.5. The number of nitrogens with two attached hydrogens (primary N) is 2. The molecule has 0 bridgehead atoms. The lowest BCUT2D eigenvalue weighted by Crippen LogP contribution is -2.70. The van der Waals surface area contributed by atoms with Gasteiger partial charge in [-0.15, -0.1) is 0 Å². The maximum absolute atomic E-state index is 15.2. The maximum atomic E-state index is 15.2. The van der Waals surface area contributed by atoms with Gasteiger partial charge in [0.05, 0.1) is 58.1 Å². The highest BCUT2D eigenvalue weighted by Gasteiger charge is 2.60. The monoisotopic (exact) mass is 1430 g/mol. The van der Waals surface area contributed by atoms with Crippen molar-refractivity contribution < 1.29 is 123 Å². The molecule has 7 aliphatic heterocycles. The average Bonchev–Trinajstić information content (AvgIpc) is 1.02. The number of aliphatic imine (C=N–C) groups is 2. The van der Waals surface area contributed by atoms with Crippen LogP contribution in [-0.2, 0) is 63.6 Å². The summed E-state index contributed by atoms with van der Waals surface area (Å²) in [6, 6.07) is 1.09. The van der Waals surface area contributed by atoms with Gasteiger partial charge in [0, 0.05) is 25.2 Å². The summed E-state index contributed by atoms with van der Waals surface area (Å²) in [6.07, 6.45) is -27.6. The van der Waals surface area contributed by atoms with Crippen LogP contribution in [-0.4, -0.2) is 312 Å². The summed E-state index contributed by atoms with van der Waals surface area (Å²) < 4.78 is 42.6. The summed E-state index contributed by atoms with van der Waals surface area (Å²) >= 11 is 0. The Labute approximate surface area is 579 Å². The Balaban J connectivity index is 0.904. The van der Waals surface area contributed by atoms with Crippen molar-refractivity contribution in [3.63, 3.8) is 0 Å². The third kappa shape index (κ3) is 16.9. The standard InChI is InChI=1S/C64H94N12O25/c1-26(28-9-7-6-8-10-28)38-54(92)70-30(15-27-11-13-29(14-12-27)96-58-48(88)45(85)50(35(21-79)98-58)100-59-49(89)46(86)51-36(99-59)22-95-64(101-51)24-62(2,3)23-63(4,5)25-64)53(91)74-39(41(81)31-16-68-60(65)72-31)56(94)75-40(55(93)71-32(19-77)52(90)67-18-37(80)73-38)42(82)33-17-69-61(66)76(33)57-47(87)44(84)43(83)34(20-78)97-57/h6-14,26,30-36,38-51,57-59,77-79,81-89H,15-25H2,1-5H3,(H2,66,69)(H,67,90)(H,70,92)(H,71,93)(H,73,80)(H,74,91)(H,75,94)(H3,65,68,72). The molecule has 25 unspecified atom stereocenters. The zero-order valence-corrected chi connectivity index (χ0v) is 56.1. The lowest BCUT2D eigenvalue weighted by Gasteiger charge is -2.57. The van der Waals surface area contributed by atoms with Gasteiger partial charge in [-0.3, -0.25) is 38.8 Å². The quantitative estimate of drug-likeness (QED) is 0.0742. The molecule has 101 heavy (non-hydrogen) atoms. The van der Waals surface area contributed by atoms with Gasteiger partial charge in [0.15, 0.2) is 30.2 Å². The molecule has 10 rings (SSSR count). The van der Waals surface area contributed by atoms with E-state index < -0.39 is 239 Å². The SMILES string of the molecule is CC(c1ccccc1)C1NC(=O)CNC(=O)C(CO)NC(=O)C(C(O)C2CN=C(N)N2C2OC(CO)C(O)C(O)C2O)NC(=O)C(C(O)C2CN=C(N)N2)NC(=O)C(Cc2ccc(OC3OC(CO)C(OC4OC5COC6(CC(C)(C)CC(C)(C)C6)OC5C(O)C4O)C(O)C3O)cc2)NC1=O. The number of carbonyl (C=O) groups is 6. The smallest absolute Gasteiger partial charge is 0.246 e. The van der Waals surface area contributed by atoms with Crippen LogP contribution in [0, 0.1) is 10.8 Å². The predicted molar refractivity (Wildman–Crippen MR) is 345 cm³/mol. The molecule has 5 saturated heterocycles. The highest BCUT2D eigenvalue weighted by atomic mass is 16.8. The van der Waals surface area contributed by atoms with E-state index in [2.05, 4.69) is 74.9 Å². The number of rotatable bonds is 16. The van der Waals surface area contributed by atoms with E-state index in [-0.39, 0.29) is 41.3 Å². The minimum absolute atomic E-state index is 0.0366. The molecule has 2 aromatic carbocycles. The molecule has 6 fully saturated rings. The van der Waals surface area contributed by atoms with Crippen molar-refractivity contribution >= 4 is 47.4 Å². The van der Waals surface area contributed by atoms with Crippen molar-refractivity contribution in [2.75, 3.05) is 46.1 Å². The Hall–Kier alpha value is -7.12. The number of ether oxygens (including phenoxy) is 7. The van der Waals surface area contributed by atoms with Crippen LogP contribution >= 0.6 is 0 Å². The predicted octanol–water partition coefficient (Wildman–Crippen LogP) is -9.62. The number of guanidine groups is 2. The lowest BCUT2D eigenvalue weighted by atomic mass is 9.62. The molecule has 1 aliphatic carbocycles. The lowest BCUT2D eigenvalue weighted by molar-refractivity contribution is -0.415. The van der Waals surface area contributed by atoms with Crippen LogP contribution in [0.15, 0.2) is 64.6 Å². The minimum Gasteiger partial charge on any atom is -0.462 e. The first-order valence-electron chi connectivity index (χ1n) is 33.4. The van der Waals surface area contributed by atoms with Gasteiger partial charge in [0.25, 0.3) is 0 Å². The van der Waals surface area contributed by atoms with E-state index in [1.165, 1.54) is 24.3 Å². The molecule has 37 heteroatoms. The first kappa shape index (κ1) is 76.5. The summed E-state index contributed by atoms with van der Waals surface area (Å²) in [7, 11) is 0. The zero-order chi connectivity index (χ0) is 73.3. The van der Waals surface area contributed by atoms with Gasteiger partial charge in [-0.1, -0.05) is 77.1 Å². The number of benzene rings is 2. The van der Waals surface area contributed by atoms with Crippen LogP contribution < -0.4 is 53.4 Å². The first-order valence-corrected chi connectivity index (χ1v) is 33.4. The molecule has 0 aromatic heterocycles. The molecule has 23 N–H and O–H groups in total. The summed E-state index contributed by atoms with van der Waals surface area (Å²) in [5, 5.41) is 151. The van der Waals surface area contributed by atoms with Gasteiger partial charge in [0.2, 0.25) is 41.7 Å². The van der Waals surface area contributed by atoms with Crippen LogP contribution in [0.5, 0.6) is 5.75 Å². The Morgan fingerprint density at radius 2 is 1.24 bits per heavy atom. The molecule has 7 heterocycles. The Bertz CT molecular complexity index is 3300. The third-order valence-corrected chi connectivity index (χ3v) is 19.6. The van der Waals surface area contributed by atoms with E-state index in [0.717, 1.165) is 11.3 Å². The Kier molecular flexibility index (Phi) is 23.8. The van der Waals surface area contributed by atoms with Crippen LogP contribution in [0.1, 0.15) is 70.9 Å². The van der Waals surface area contributed by atoms with Crippen LogP contribution in [0.4, 0.5) is 0 Å². The molecule has 0 radical (unpaired) electrons. The fourth-order valence-corrected chi connectivity index (χ4v) is 15.0. The van der Waals surface area contributed by atoms with Gasteiger partial charge >= 0.3 is 0 Å². The number of fused-ring (bicyclic) bond motifs is 1. The largest absolute Gasteiger partial charge is 0.462 e. The minimum atomic E-state index is -2.34. The second-order valence-electron chi connectivity index (χ2n) is 28.6. The van der Waals surface area contributed by atoms with Crippen molar-refractivity contribution in [1.29, 1.82) is 0 Å². The number of aliphatic hydroxyl groups excluding tert-OH is 12. The second-order valence-corrected chi connectivity index (χ2v) is 28.6. The molecule has 1 saturated carbocycles. The maximum Gasteiger partial charge on any atom is 0.246 e. The molecular weight excluding hydrogens is 1340 g/mol. The molecule has 8 aliphatic rings. The normalized spacial score (nSPS) is 38.0. The molecule has 2 aromatic rings. The van der Waals surface area contributed by atoms with Crippen molar-refractivity contribution in [2.24, 2.45) is 32.3 Å². The van der Waals surface area contributed by atoms with Gasteiger partial charge in [-0.25, -0.2) is 0 Å². The number of nitrogens with zero attached hydrogens (tertiary/aromatic N) is 3. The number of aliphatic hydroxyl groups is 12. The number of amides is 6. The van der Waals surface area contributed by atoms with E-state index >= 15 is 9.59 Å². The highest BCUT2D eigenvalue weighted by Crippen LogP contribution is 2.54. The van der Waals surface area contributed by atoms with Crippen molar-refractivity contribution in [3.8, 4) is 5.75 Å². The topological polar surface area (TPSA) is 574 Å². The number of hydrogen-bond acceptors (Lipinski definition) is 31. The molecule has 1 spiro atoms. The number of hydrogen-bond donors (Lipinski definition) is 21. The van der Waals surface area contributed by atoms with Gasteiger partial charge in [0.1, 0.15) is 121 Å². The Morgan fingerprint density at radius 3 is 1.88 bits per heavy atom. The number of nitrogens with one attached hydrogen (secondary N) is 7. The van der Waals surface area contributed by atoms with Gasteiger partial charge < -0.3 is 148 Å². The zero-order valence-electron chi connectivity index (χ0n) is 56.1. The van der Waals surface area contributed by atoms with E-state index in [0.29, 0.717) is 18.4 Å². The van der Waals surface area contributed by atoms with Crippen LogP contribution in [0.25, 0.3) is 0 Å². The highest BCUT2D eigenvalue weighted by molar-refractivity contribution is 5.98. The van der Waals surface area contributed by atoms with E-state index in [9.17, 15) is 80.5 Å². The van der Waals surface area contributed by atoms with Gasteiger partial charge in [-0.05, 0) is 40.5 Å². The fraction of sp³-hybridized carbons (Fsp3) is 0.688.